The van der Waals surface area contributed by atoms with Gasteiger partial charge in [0.1, 0.15) is 8.15 Å². The predicted octanol–water partition coefficient (Wildman–Crippen LogP) is 0.342. The molecule has 0 spiro atoms. The maximum atomic E-state index is 8.04. The Morgan fingerprint density at radius 2 is 2.17 bits per heavy atom. The van der Waals surface area contributed by atoms with Crippen LogP contribution in [0.2, 0.25) is 0 Å². The van der Waals surface area contributed by atoms with Gasteiger partial charge in [-0.15, -0.1) is 0 Å². The van der Waals surface area contributed by atoms with Gasteiger partial charge in [0, 0.05) is 0 Å². The lowest BCUT2D eigenvalue weighted by Gasteiger charge is -1.90. The van der Waals surface area contributed by atoms with E-state index >= 15 is 0 Å². The molecule has 0 bridgehead atoms. The second-order valence-corrected chi connectivity index (χ2v) is 3.29. The fourth-order valence-corrected chi connectivity index (χ4v) is 0.387. The summed E-state index contributed by atoms with van der Waals surface area (Å²) in [5, 5.41) is 8.04. The summed E-state index contributed by atoms with van der Waals surface area (Å²) < 4.78 is 4.70. The van der Waals surface area contributed by atoms with E-state index in [0.29, 0.717) is 0 Å². The van der Waals surface area contributed by atoms with Crippen molar-refractivity contribution in [3.63, 3.8) is 0 Å². The van der Waals surface area contributed by atoms with Gasteiger partial charge in [-0.05, 0) is 0 Å². The molecule has 0 aromatic heterocycles. The SMILES string of the molecule is C[PH+](C)OCO. The zero-order valence-corrected chi connectivity index (χ0v) is 5.06. The largest absolute Gasteiger partial charge is 0.367 e. The molecular weight excluding hydrogens is 99.0 g/mol. The van der Waals surface area contributed by atoms with E-state index < -0.39 is 8.15 Å². The molecule has 0 saturated heterocycles. The molecule has 2 nitrogen and oxygen atoms in total. The van der Waals surface area contributed by atoms with E-state index in [4.69, 9.17) is 9.63 Å². The molecule has 3 heteroatoms. The molecule has 0 aliphatic heterocycles. The first-order chi connectivity index (χ1) is 2.77. The highest BCUT2D eigenvalue weighted by molar-refractivity contribution is 7.50. The molecule has 0 aliphatic carbocycles. The minimum atomic E-state index is -0.636. The summed E-state index contributed by atoms with van der Waals surface area (Å²) in [5.74, 6) is 0. The van der Waals surface area contributed by atoms with Crippen molar-refractivity contribution >= 4 is 8.15 Å². The number of rotatable bonds is 2. The Bertz CT molecular complexity index is 30.0. The van der Waals surface area contributed by atoms with Gasteiger partial charge >= 0.3 is 0 Å². The molecule has 38 valence electrons. The number of aliphatic hydroxyl groups excluding tert-OH is 1. The van der Waals surface area contributed by atoms with Crippen LogP contribution in [0.5, 0.6) is 0 Å². The van der Waals surface area contributed by atoms with Crippen molar-refractivity contribution in [2.45, 2.75) is 0 Å². The van der Waals surface area contributed by atoms with Gasteiger partial charge in [-0.3, -0.25) is 0 Å². The van der Waals surface area contributed by atoms with E-state index in [0.717, 1.165) is 0 Å². The van der Waals surface area contributed by atoms with Crippen molar-refractivity contribution in [2.75, 3.05) is 20.1 Å². The molecule has 0 radical (unpaired) electrons. The fourth-order valence-electron chi connectivity index (χ4n) is 0.129. The van der Waals surface area contributed by atoms with Crippen LogP contribution in [-0.4, -0.2) is 25.2 Å². The Morgan fingerprint density at radius 3 is 2.17 bits per heavy atom. The van der Waals surface area contributed by atoms with Gasteiger partial charge in [0.2, 0.25) is 0 Å². The first-order valence-electron chi connectivity index (χ1n) is 1.81. The Balaban J connectivity index is 2.63. The smallest absolute Gasteiger partial charge is 0.185 e. The van der Waals surface area contributed by atoms with Crippen LogP contribution >= 0.6 is 8.15 Å². The van der Waals surface area contributed by atoms with Crippen molar-refractivity contribution in [2.24, 2.45) is 0 Å². The lowest BCUT2D eigenvalue weighted by atomic mass is 11.6. The Morgan fingerprint density at radius 1 is 1.67 bits per heavy atom. The van der Waals surface area contributed by atoms with E-state index in [1.165, 1.54) is 0 Å². The van der Waals surface area contributed by atoms with Crippen LogP contribution in [0.25, 0.3) is 0 Å². The van der Waals surface area contributed by atoms with Crippen molar-refractivity contribution in [3.8, 4) is 0 Å². The second-order valence-electron chi connectivity index (χ2n) is 1.18. The monoisotopic (exact) mass is 109 g/mol. The molecule has 0 amide bonds. The molecule has 0 aromatic carbocycles. The molecule has 1 N–H and O–H groups in total. The molecule has 0 fully saturated rings. The van der Waals surface area contributed by atoms with Crippen molar-refractivity contribution in [1.29, 1.82) is 0 Å². The average molecular weight is 109 g/mol. The molecular formula is C3H10O2P+. The van der Waals surface area contributed by atoms with Gasteiger partial charge in [0.25, 0.3) is 0 Å². The highest BCUT2D eigenvalue weighted by atomic mass is 31.1. The van der Waals surface area contributed by atoms with Gasteiger partial charge in [0.15, 0.2) is 6.79 Å². The minimum Gasteiger partial charge on any atom is -0.367 e. The van der Waals surface area contributed by atoms with E-state index in [2.05, 4.69) is 0 Å². The molecule has 0 atom stereocenters. The van der Waals surface area contributed by atoms with Crippen LogP contribution in [0.3, 0.4) is 0 Å². The maximum Gasteiger partial charge on any atom is 0.185 e. The first kappa shape index (κ1) is 6.35. The number of hydrogen-bond donors (Lipinski definition) is 1. The molecule has 0 aromatic rings. The summed E-state index contributed by atoms with van der Waals surface area (Å²) >= 11 is 0. The molecule has 0 unspecified atom stereocenters. The van der Waals surface area contributed by atoms with Crippen LogP contribution in [0.4, 0.5) is 0 Å². The van der Waals surface area contributed by atoms with Gasteiger partial charge in [-0.2, -0.15) is 0 Å². The highest BCUT2D eigenvalue weighted by Crippen LogP contribution is 2.24. The Hall–Kier alpha value is 0.350. The molecule has 6 heavy (non-hydrogen) atoms. The molecule has 0 aliphatic rings. The topological polar surface area (TPSA) is 29.5 Å². The van der Waals surface area contributed by atoms with Crippen LogP contribution in [-0.2, 0) is 4.52 Å². The van der Waals surface area contributed by atoms with E-state index in [1.807, 2.05) is 13.3 Å². The zero-order chi connectivity index (χ0) is 4.99. The normalized spacial score (nSPS) is 10.0. The van der Waals surface area contributed by atoms with Crippen LogP contribution in [0.1, 0.15) is 0 Å². The van der Waals surface area contributed by atoms with Crippen molar-refractivity contribution in [3.05, 3.63) is 0 Å². The van der Waals surface area contributed by atoms with Gasteiger partial charge < -0.3 is 5.11 Å². The first-order valence-corrected chi connectivity index (χ1v) is 4.22. The lowest BCUT2D eigenvalue weighted by Crippen LogP contribution is -1.81. The zero-order valence-electron chi connectivity index (χ0n) is 4.06. The average Bonchev–Trinajstić information content (AvgIpc) is 1.35. The van der Waals surface area contributed by atoms with Crippen LogP contribution < -0.4 is 0 Å². The maximum absolute atomic E-state index is 8.04. The second kappa shape index (κ2) is 3.54. The number of hydrogen-bond acceptors (Lipinski definition) is 2. The van der Waals surface area contributed by atoms with Gasteiger partial charge in [-0.1, -0.05) is 0 Å². The predicted molar refractivity (Wildman–Crippen MR) is 28.3 cm³/mol. The van der Waals surface area contributed by atoms with Crippen molar-refractivity contribution < 1.29 is 9.63 Å². The third kappa shape index (κ3) is 4.35. The summed E-state index contributed by atoms with van der Waals surface area (Å²) in [5.41, 5.74) is 0. The summed E-state index contributed by atoms with van der Waals surface area (Å²) in [6.07, 6.45) is 0. The van der Waals surface area contributed by atoms with E-state index in [-0.39, 0.29) is 6.79 Å². The molecule has 0 rings (SSSR count). The highest BCUT2D eigenvalue weighted by Gasteiger charge is 1.93. The third-order valence-corrected chi connectivity index (χ3v) is 1.06. The van der Waals surface area contributed by atoms with Crippen LogP contribution in [0, 0.1) is 0 Å². The Kier molecular flexibility index (Phi) is 3.74. The summed E-state index contributed by atoms with van der Waals surface area (Å²) in [7, 11) is -0.636. The summed E-state index contributed by atoms with van der Waals surface area (Å²) in [4.78, 5) is 0. The Labute approximate surface area is 39.0 Å². The summed E-state index contributed by atoms with van der Waals surface area (Å²) in [6.45, 7) is 3.82. The van der Waals surface area contributed by atoms with Crippen molar-refractivity contribution in [1.82, 2.24) is 0 Å². The minimum absolute atomic E-state index is 0.124. The van der Waals surface area contributed by atoms with Crippen LogP contribution in [0.15, 0.2) is 0 Å². The standard InChI is InChI=1S/C3H9O2P/c1-6(2)5-3-4/h4H,3H2,1-2H3/p+1. The van der Waals surface area contributed by atoms with E-state index in [9.17, 15) is 0 Å². The third-order valence-electron chi connectivity index (χ3n) is 0.353. The molecule has 0 saturated carbocycles. The van der Waals surface area contributed by atoms with Gasteiger partial charge in [0.05, 0.1) is 13.3 Å². The van der Waals surface area contributed by atoms with E-state index in [1.54, 1.807) is 0 Å². The fraction of sp³-hybridized carbons (Fsp3) is 1.00. The lowest BCUT2D eigenvalue weighted by molar-refractivity contribution is 0.112. The number of aliphatic hydroxyl groups is 1. The van der Waals surface area contributed by atoms with Gasteiger partial charge in [-0.25, -0.2) is 4.52 Å². The molecule has 0 heterocycles. The summed E-state index contributed by atoms with van der Waals surface area (Å²) in [6, 6.07) is 0. The quantitative estimate of drug-likeness (QED) is 0.409.